The third-order valence-corrected chi connectivity index (χ3v) is 0. The number of thiocarbonyl (C=S) groups is 2. The van der Waals surface area contributed by atoms with E-state index in [1.54, 1.807) is 0 Å². The topological polar surface area (TPSA) is 0 Å². The third kappa shape index (κ3) is 145. The summed E-state index contributed by atoms with van der Waals surface area (Å²) < 4.78 is 2.33. The van der Waals surface area contributed by atoms with E-state index in [1.165, 1.54) is 9.40 Å². The average Bonchev–Trinajstić information content (AvgIpc) is 1.39. The summed E-state index contributed by atoms with van der Waals surface area (Å²) in [6, 6.07) is 0. The molecule has 0 amide bonds. The van der Waals surface area contributed by atoms with Crippen molar-refractivity contribution in [2.45, 2.75) is 0 Å². The van der Waals surface area contributed by atoms with Crippen molar-refractivity contribution in [2.75, 3.05) is 0 Å². The van der Waals surface area contributed by atoms with Crippen molar-refractivity contribution in [3.05, 3.63) is 0 Å². The smallest absolute Gasteiger partial charge is 0.436 e. The van der Waals surface area contributed by atoms with Crippen LogP contribution in [0.1, 0.15) is 0 Å². The van der Waals surface area contributed by atoms with Crippen molar-refractivity contribution in [1.82, 2.24) is 0 Å². The zero-order valence-electron chi connectivity index (χ0n) is 3.09. The van der Waals surface area contributed by atoms with Gasteiger partial charge in [-0.1, -0.05) is 0 Å². The van der Waals surface area contributed by atoms with Crippen LogP contribution in [0.5, 0.6) is 0 Å². The first-order valence-corrected chi connectivity index (χ1v) is 2.83. The number of rotatable bonds is 0. The summed E-state index contributed by atoms with van der Waals surface area (Å²) in [7, 11) is 0. The van der Waals surface area contributed by atoms with Gasteiger partial charge >= 0.3 is 17.1 Å². The molecule has 0 unspecified atom stereocenters. The Morgan fingerprint density at radius 2 is 1.00 bits per heavy atom. The van der Waals surface area contributed by atoms with E-state index in [2.05, 4.69) is 49.7 Å². The van der Waals surface area contributed by atoms with E-state index in [4.69, 9.17) is 0 Å². The van der Waals surface area contributed by atoms with Crippen LogP contribution in [0.3, 0.4) is 0 Å². The van der Waals surface area contributed by atoms with Gasteiger partial charge in [0.25, 0.3) is 0 Å². The van der Waals surface area contributed by atoms with Gasteiger partial charge in [0.15, 0.2) is 0 Å². The van der Waals surface area contributed by atoms with E-state index in [0.717, 1.165) is 0 Å². The van der Waals surface area contributed by atoms with Gasteiger partial charge in [-0.3, -0.25) is 0 Å². The molecule has 0 aliphatic heterocycles. The zero-order chi connectivity index (χ0) is 5.41. The van der Waals surface area contributed by atoms with Gasteiger partial charge in [-0.05, 0) is 0 Å². The maximum Gasteiger partial charge on any atom is 2.00 e. The van der Waals surface area contributed by atoms with Crippen molar-refractivity contribution < 1.29 is 17.1 Å². The first kappa shape index (κ1) is 15.7. The van der Waals surface area contributed by atoms with Crippen LogP contribution >= 0.6 is 24.4 Å². The fourth-order valence-corrected chi connectivity index (χ4v) is 0. The van der Waals surface area contributed by atoms with Crippen molar-refractivity contribution in [2.24, 2.45) is 0 Å². The van der Waals surface area contributed by atoms with Gasteiger partial charge in [-0.25, -0.2) is 0 Å². The van der Waals surface area contributed by atoms with Gasteiger partial charge in [0.1, 0.15) is 0 Å². The first-order valence-electron chi connectivity index (χ1n) is 0.943. The van der Waals surface area contributed by atoms with Gasteiger partial charge in [-0.15, -0.1) is 0 Å². The van der Waals surface area contributed by atoms with Crippen LogP contribution in [0.2, 0.25) is 0 Å². The van der Waals surface area contributed by atoms with E-state index < -0.39 is 0 Å². The molecule has 0 aromatic heterocycles. The van der Waals surface area contributed by atoms with Crippen LogP contribution in [0.4, 0.5) is 0 Å². The molecule has 0 aliphatic rings. The van der Waals surface area contributed by atoms with E-state index in [9.17, 15) is 0 Å². The Labute approximate surface area is 75.7 Å². The Morgan fingerprint density at radius 3 is 1.00 bits per heavy atom. The molecule has 7 heavy (non-hydrogen) atoms. The van der Waals surface area contributed by atoms with Crippen LogP contribution in [0.15, 0.2) is 0 Å². The van der Waals surface area contributed by atoms with Gasteiger partial charge in [0.05, 0.1) is 0 Å². The van der Waals surface area contributed by atoms with E-state index >= 15 is 0 Å². The largest absolute Gasteiger partial charge is 2.00 e. The predicted molar refractivity (Wildman–Crippen MR) is 42.0 cm³/mol. The van der Waals surface area contributed by atoms with Gasteiger partial charge in [0, 0.05) is 0 Å². The first-order chi connectivity index (χ1) is 2.83. The molecule has 0 fully saturated rings. The Morgan fingerprint density at radius 1 is 1.00 bits per heavy atom. The van der Waals surface area contributed by atoms with Crippen LogP contribution < -0.4 is 0 Å². The summed E-state index contributed by atoms with van der Waals surface area (Å²) in [4.78, 5) is 0. The molecule has 0 aromatic carbocycles. The van der Waals surface area contributed by atoms with Gasteiger partial charge in [-0.2, -0.15) is 9.40 Å². The number of hydrogen-bond acceptors (Lipinski definition) is 4. The fourth-order valence-electron chi connectivity index (χ4n) is 0. The van der Waals surface area contributed by atoms with Gasteiger partial charge in [0.2, 0.25) is 0 Å². The maximum absolute atomic E-state index is 4.08. The van der Waals surface area contributed by atoms with E-state index in [0.29, 0.717) is 0 Å². The van der Waals surface area contributed by atoms with Crippen molar-refractivity contribution >= 4 is 59.1 Å². The molecular formula is C2H2CuS4. The summed E-state index contributed by atoms with van der Waals surface area (Å²) in [6.07, 6.45) is 0. The maximum atomic E-state index is 4.08. The Balaban J connectivity index is -0.0000000400. The molecule has 5 heteroatoms. The quantitative estimate of drug-likeness (QED) is 0.337. The Kier molecular flexibility index (Phi) is 61.3. The molecule has 0 nitrogen and oxygen atoms in total. The molecule has 0 aliphatic carbocycles. The third-order valence-electron chi connectivity index (χ3n) is 0. The van der Waals surface area contributed by atoms with Crippen LogP contribution in [-0.2, 0) is 42.3 Å². The second-order valence-electron chi connectivity index (χ2n) is 0.192. The molecule has 0 heterocycles. The molecule has 0 N–H and O–H groups in total. The molecule has 1 radical (unpaired) electrons. The van der Waals surface area contributed by atoms with E-state index in [-0.39, 0.29) is 17.1 Å². The standard InChI is InChI=1S/2CH2S2.Cu/c2*2-1-3;/h2*1H,(H,2,3);/q;;+2/p-2. The van der Waals surface area contributed by atoms with Crippen LogP contribution in [-0.4, -0.2) is 9.40 Å². The minimum atomic E-state index is 0. The summed E-state index contributed by atoms with van der Waals surface area (Å²) in [5, 5.41) is 0. The molecule has 0 rings (SSSR count). The molecule has 0 saturated carbocycles. The molecule has 45 valence electrons. The van der Waals surface area contributed by atoms with Crippen molar-refractivity contribution in [3.63, 3.8) is 0 Å². The molecule has 0 saturated heterocycles. The molecule has 0 spiro atoms. The normalized spacial score (nSPS) is 3.43. The molecule has 0 bridgehead atoms. The monoisotopic (exact) mass is 217 g/mol. The summed E-state index contributed by atoms with van der Waals surface area (Å²) in [5.41, 5.74) is 0. The second-order valence-corrected chi connectivity index (χ2v) is 1.73. The SMILES string of the molecule is S=C[S-].S=C[S-].[Cu+2]. The minimum Gasteiger partial charge on any atom is -0.436 e. The Bertz CT molecular complexity index is 30.7. The summed E-state index contributed by atoms with van der Waals surface area (Å²) in [5.74, 6) is 0. The molecule has 0 aromatic rings. The average molecular weight is 218 g/mol. The zero-order valence-corrected chi connectivity index (χ0v) is 7.30. The number of hydrogen-bond donors (Lipinski definition) is 0. The minimum absolute atomic E-state index is 0. The summed E-state index contributed by atoms with van der Waals surface area (Å²) in [6.45, 7) is 0. The molecule has 0 atom stereocenters. The predicted octanol–water partition coefficient (Wildman–Crippen LogP) is 0.979. The van der Waals surface area contributed by atoms with Crippen LogP contribution in [0, 0.1) is 0 Å². The summed E-state index contributed by atoms with van der Waals surface area (Å²) >= 11 is 16.3. The Hall–Kier alpha value is 1.14. The molecular weight excluding hydrogens is 216 g/mol. The van der Waals surface area contributed by atoms with E-state index in [1.807, 2.05) is 0 Å². The second kappa shape index (κ2) is 27.3. The van der Waals surface area contributed by atoms with Crippen molar-refractivity contribution in [3.8, 4) is 0 Å². The van der Waals surface area contributed by atoms with Crippen molar-refractivity contribution in [1.29, 1.82) is 0 Å². The van der Waals surface area contributed by atoms with Crippen LogP contribution in [0.25, 0.3) is 0 Å². The fraction of sp³-hybridized carbons (Fsp3) is 0. The van der Waals surface area contributed by atoms with Gasteiger partial charge < -0.3 is 49.7 Å².